The summed E-state index contributed by atoms with van der Waals surface area (Å²) in [6.45, 7) is -0.141. The summed E-state index contributed by atoms with van der Waals surface area (Å²) in [5.41, 5.74) is 1.39. The normalized spacial score (nSPS) is 9.91. The molecule has 0 unspecified atom stereocenters. The molecule has 0 N–H and O–H groups in total. The summed E-state index contributed by atoms with van der Waals surface area (Å²) in [4.78, 5) is 38.5. The Morgan fingerprint density at radius 3 is 2.00 bits per heavy atom. The number of carbonyl (C=O) groups is 3. The molecule has 1 aromatic rings. The molecule has 1 rings (SSSR count). The second-order valence-electron chi connectivity index (χ2n) is 5.07. The molecule has 0 fully saturated rings. The van der Waals surface area contributed by atoms with E-state index in [2.05, 4.69) is 9.47 Å². The molecule has 0 bridgehead atoms. The van der Waals surface area contributed by atoms with Gasteiger partial charge in [-0.1, -0.05) is 0 Å². The Morgan fingerprint density at radius 1 is 0.957 bits per heavy atom. The van der Waals surface area contributed by atoms with Crippen LogP contribution in [0.5, 0.6) is 0 Å². The molecule has 0 atom stereocenters. The summed E-state index contributed by atoms with van der Waals surface area (Å²) in [6.07, 6.45) is 0.00894. The molecule has 7 heteroatoms. The Bertz CT molecular complexity index is 554. The molecular formula is C16H22N2O5. The third-order valence-corrected chi connectivity index (χ3v) is 3.28. The molecular weight excluding hydrogens is 300 g/mol. The Labute approximate surface area is 135 Å². The number of hydrogen-bond acceptors (Lipinski definition) is 6. The number of anilines is 1. The van der Waals surface area contributed by atoms with Crippen molar-refractivity contribution in [2.45, 2.75) is 6.42 Å². The van der Waals surface area contributed by atoms with E-state index in [0.29, 0.717) is 5.56 Å². The number of ether oxygens (including phenoxy) is 2. The summed E-state index contributed by atoms with van der Waals surface area (Å²) in [7, 11) is 6.32. The van der Waals surface area contributed by atoms with Gasteiger partial charge < -0.3 is 19.3 Å². The molecule has 23 heavy (non-hydrogen) atoms. The fourth-order valence-electron chi connectivity index (χ4n) is 1.89. The van der Waals surface area contributed by atoms with Crippen LogP contribution < -0.4 is 4.90 Å². The molecule has 0 heterocycles. The Kier molecular flexibility index (Phi) is 7.05. The van der Waals surface area contributed by atoms with Crippen LogP contribution in [0.4, 0.5) is 5.69 Å². The van der Waals surface area contributed by atoms with Crippen LogP contribution in [0.25, 0.3) is 0 Å². The van der Waals surface area contributed by atoms with E-state index in [1.807, 2.05) is 31.1 Å². The maximum absolute atomic E-state index is 12.5. The van der Waals surface area contributed by atoms with Gasteiger partial charge in [-0.3, -0.25) is 14.4 Å². The fourth-order valence-corrected chi connectivity index (χ4v) is 1.89. The van der Waals surface area contributed by atoms with E-state index in [1.165, 1.54) is 19.1 Å². The third-order valence-electron chi connectivity index (χ3n) is 3.28. The van der Waals surface area contributed by atoms with Crippen LogP contribution in [0.1, 0.15) is 16.8 Å². The molecule has 0 radical (unpaired) electrons. The number of esters is 2. The Hall–Kier alpha value is -2.57. The van der Waals surface area contributed by atoms with E-state index in [9.17, 15) is 14.4 Å². The van der Waals surface area contributed by atoms with Crippen molar-refractivity contribution in [2.24, 2.45) is 0 Å². The third kappa shape index (κ3) is 5.61. The summed E-state index contributed by atoms with van der Waals surface area (Å²) < 4.78 is 9.16. The fraction of sp³-hybridized carbons (Fsp3) is 0.438. The van der Waals surface area contributed by atoms with Crippen molar-refractivity contribution in [3.8, 4) is 0 Å². The van der Waals surface area contributed by atoms with E-state index in [-0.39, 0.29) is 25.4 Å². The highest BCUT2D eigenvalue weighted by Crippen LogP contribution is 2.14. The van der Waals surface area contributed by atoms with Gasteiger partial charge in [0, 0.05) is 31.9 Å². The van der Waals surface area contributed by atoms with Gasteiger partial charge in [-0.2, -0.15) is 0 Å². The zero-order chi connectivity index (χ0) is 17.4. The van der Waals surface area contributed by atoms with Gasteiger partial charge in [-0.05, 0) is 24.3 Å². The second kappa shape index (κ2) is 8.77. The molecule has 0 aliphatic heterocycles. The van der Waals surface area contributed by atoms with E-state index >= 15 is 0 Å². The molecule has 0 aromatic heterocycles. The quantitative estimate of drug-likeness (QED) is 0.695. The van der Waals surface area contributed by atoms with Crippen LogP contribution in [0.3, 0.4) is 0 Å². The molecule has 0 aliphatic rings. The highest BCUT2D eigenvalue weighted by atomic mass is 16.5. The van der Waals surface area contributed by atoms with Gasteiger partial charge in [0.2, 0.25) is 0 Å². The van der Waals surface area contributed by atoms with Gasteiger partial charge in [0.1, 0.15) is 6.54 Å². The van der Waals surface area contributed by atoms with Crippen molar-refractivity contribution >= 4 is 23.5 Å². The Balaban J connectivity index is 2.88. The van der Waals surface area contributed by atoms with Crippen molar-refractivity contribution in [1.29, 1.82) is 0 Å². The molecule has 0 saturated heterocycles. The largest absolute Gasteiger partial charge is 0.469 e. The first-order valence-electron chi connectivity index (χ1n) is 7.09. The molecule has 1 aromatic carbocycles. The predicted octanol–water partition coefficient (Wildman–Crippen LogP) is 0.931. The van der Waals surface area contributed by atoms with Crippen molar-refractivity contribution in [3.05, 3.63) is 29.8 Å². The number of rotatable bonds is 7. The van der Waals surface area contributed by atoms with Crippen LogP contribution in [-0.2, 0) is 19.1 Å². The molecule has 0 saturated carbocycles. The van der Waals surface area contributed by atoms with Gasteiger partial charge >= 0.3 is 11.9 Å². The van der Waals surface area contributed by atoms with Gasteiger partial charge in [0.15, 0.2) is 0 Å². The summed E-state index contributed by atoms with van der Waals surface area (Å²) in [5, 5.41) is 0. The van der Waals surface area contributed by atoms with Crippen LogP contribution in [0, 0.1) is 0 Å². The van der Waals surface area contributed by atoms with Crippen LogP contribution in [0.2, 0.25) is 0 Å². The lowest BCUT2D eigenvalue weighted by atomic mass is 10.1. The van der Waals surface area contributed by atoms with Gasteiger partial charge in [-0.15, -0.1) is 0 Å². The average Bonchev–Trinajstić information content (AvgIpc) is 2.57. The van der Waals surface area contributed by atoms with Crippen LogP contribution in [-0.4, -0.2) is 64.2 Å². The number of hydrogen-bond donors (Lipinski definition) is 0. The number of nitrogens with zero attached hydrogens (tertiary/aromatic N) is 2. The van der Waals surface area contributed by atoms with E-state index in [0.717, 1.165) is 5.69 Å². The predicted molar refractivity (Wildman–Crippen MR) is 85.3 cm³/mol. The van der Waals surface area contributed by atoms with Gasteiger partial charge in [-0.25, -0.2) is 0 Å². The van der Waals surface area contributed by atoms with Crippen LogP contribution >= 0.6 is 0 Å². The second-order valence-corrected chi connectivity index (χ2v) is 5.07. The summed E-state index contributed by atoms with van der Waals surface area (Å²) in [6, 6.07) is 6.98. The maximum Gasteiger partial charge on any atom is 0.325 e. The lowest BCUT2D eigenvalue weighted by molar-refractivity contribution is -0.143. The zero-order valence-corrected chi connectivity index (χ0v) is 13.9. The number of carbonyl (C=O) groups excluding carboxylic acids is 3. The number of benzene rings is 1. The first-order valence-corrected chi connectivity index (χ1v) is 7.09. The van der Waals surface area contributed by atoms with Crippen molar-refractivity contribution in [1.82, 2.24) is 4.90 Å². The smallest absolute Gasteiger partial charge is 0.325 e. The topological polar surface area (TPSA) is 76.1 Å². The minimum Gasteiger partial charge on any atom is -0.469 e. The highest BCUT2D eigenvalue weighted by Gasteiger charge is 2.20. The van der Waals surface area contributed by atoms with E-state index in [4.69, 9.17) is 0 Å². The lowest BCUT2D eigenvalue weighted by Gasteiger charge is -2.21. The average molecular weight is 322 g/mol. The Morgan fingerprint density at radius 2 is 1.52 bits per heavy atom. The minimum absolute atomic E-state index is 0.00894. The van der Waals surface area contributed by atoms with Crippen molar-refractivity contribution in [3.63, 3.8) is 0 Å². The molecule has 7 nitrogen and oxygen atoms in total. The monoisotopic (exact) mass is 322 g/mol. The maximum atomic E-state index is 12.5. The standard InChI is InChI=1S/C16H22N2O5/c1-17(2)13-7-5-12(6-8-13)16(21)18(11-15(20)23-4)10-9-14(19)22-3/h5-8H,9-11H2,1-4H3. The van der Waals surface area contributed by atoms with Gasteiger partial charge in [0.05, 0.1) is 20.6 Å². The zero-order valence-electron chi connectivity index (χ0n) is 13.9. The lowest BCUT2D eigenvalue weighted by Crippen LogP contribution is -2.37. The highest BCUT2D eigenvalue weighted by molar-refractivity contribution is 5.96. The van der Waals surface area contributed by atoms with Crippen molar-refractivity contribution < 1.29 is 23.9 Å². The SMILES string of the molecule is COC(=O)CCN(CC(=O)OC)C(=O)c1ccc(N(C)C)cc1. The number of methoxy groups -OCH3 is 2. The summed E-state index contributed by atoms with van der Waals surface area (Å²) >= 11 is 0. The summed E-state index contributed by atoms with van der Waals surface area (Å²) in [5.74, 6) is -1.34. The first-order chi connectivity index (χ1) is 10.9. The minimum atomic E-state index is -0.548. The van der Waals surface area contributed by atoms with E-state index in [1.54, 1.807) is 12.1 Å². The van der Waals surface area contributed by atoms with Gasteiger partial charge in [0.25, 0.3) is 5.91 Å². The molecule has 0 spiro atoms. The molecule has 1 amide bonds. The molecule has 0 aliphatic carbocycles. The van der Waals surface area contributed by atoms with Crippen LogP contribution in [0.15, 0.2) is 24.3 Å². The number of amides is 1. The van der Waals surface area contributed by atoms with E-state index < -0.39 is 11.9 Å². The molecule has 126 valence electrons. The van der Waals surface area contributed by atoms with Crippen molar-refractivity contribution in [2.75, 3.05) is 46.3 Å². The first kappa shape index (κ1) is 18.5.